The average molecular weight is 158 g/mol. The predicted molar refractivity (Wildman–Crippen MR) is 42.1 cm³/mol. The molecule has 0 saturated carbocycles. The van der Waals surface area contributed by atoms with E-state index in [1.54, 1.807) is 0 Å². The second-order valence-corrected chi connectivity index (χ2v) is 2.90. The van der Waals surface area contributed by atoms with Crippen LogP contribution in [0.2, 0.25) is 0 Å². The van der Waals surface area contributed by atoms with Crippen molar-refractivity contribution in [1.29, 1.82) is 0 Å². The van der Waals surface area contributed by atoms with Gasteiger partial charge < -0.3 is 10.2 Å². The molecule has 0 aliphatic heterocycles. The number of carbonyl (C=O) groups excluding carboxylic acids is 1. The molecule has 2 N–H and O–H groups in total. The minimum atomic E-state index is -1.48. The van der Waals surface area contributed by atoms with Crippen molar-refractivity contribution in [2.75, 3.05) is 0 Å². The lowest BCUT2D eigenvalue weighted by Crippen LogP contribution is -2.36. The van der Waals surface area contributed by atoms with E-state index in [1.807, 2.05) is 0 Å². The van der Waals surface area contributed by atoms with Gasteiger partial charge in [-0.05, 0) is 19.9 Å². The van der Waals surface area contributed by atoms with Crippen molar-refractivity contribution in [3.8, 4) is 0 Å². The normalized spacial score (nSPS) is 18.5. The molecule has 3 nitrogen and oxygen atoms in total. The molecular formula is C8H14O3. The number of hydrogen-bond acceptors (Lipinski definition) is 3. The van der Waals surface area contributed by atoms with Crippen LogP contribution < -0.4 is 0 Å². The highest BCUT2D eigenvalue weighted by Crippen LogP contribution is 2.13. The fourth-order valence-corrected chi connectivity index (χ4v) is 0.896. The molecule has 0 amide bonds. The molecule has 11 heavy (non-hydrogen) atoms. The van der Waals surface area contributed by atoms with Crippen molar-refractivity contribution in [3.63, 3.8) is 0 Å². The molecule has 2 atom stereocenters. The molecule has 0 radical (unpaired) electrons. The third-order valence-electron chi connectivity index (χ3n) is 1.41. The Morgan fingerprint density at radius 2 is 2.27 bits per heavy atom. The molecule has 0 aromatic carbocycles. The molecule has 0 aliphatic rings. The molecule has 64 valence electrons. The Labute approximate surface area is 66.4 Å². The van der Waals surface area contributed by atoms with E-state index in [1.165, 1.54) is 13.8 Å². The zero-order chi connectivity index (χ0) is 9.07. The maximum absolute atomic E-state index is 10.9. The highest BCUT2D eigenvalue weighted by atomic mass is 16.3. The molecule has 2 unspecified atom stereocenters. The minimum Gasteiger partial charge on any atom is -0.393 e. The van der Waals surface area contributed by atoms with Crippen LogP contribution >= 0.6 is 0 Å². The third-order valence-corrected chi connectivity index (χ3v) is 1.41. The summed E-state index contributed by atoms with van der Waals surface area (Å²) in [5.41, 5.74) is -1.48. The Morgan fingerprint density at radius 3 is 2.55 bits per heavy atom. The third kappa shape index (κ3) is 3.30. The molecule has 0 aromatic heterocycles. The monoisotopic (exact) mass is 158 g/mol. The van der Waals surface area contributed by atoms with E-state index in [0.29, 0.717) is 0 Å². The van der Waals surface area contributed by atoms with E-state index < -0.39 is 17.5 Å². The summed E-state index contributed by atoms with van der Waals surface area (Å²) >= 11 is 0. The standard InChI is InChI=1S/C8H14O3/c1-4-7(10)8(3,11)5-6(2)9/h4,6,9,11H,1,5H2,2-3H3. The molecule has 3 heteroatoms. The Bertz CT molecular complexity index is 159. The number of carbonyl (C=O) groups is 1. The van der Waals surface area contributed by atoms with E-state index in [9.17, 15) is 9.90 Å². The van der Waals surface area contributed by atoms with Gasteiger partial charge in [-0.3, -0.25) is 4.79 Å². The van der Waals surface area contributed by atoms with Gasteiger partial charge in [-0.2, -0.15) is 0 Å². The first-order valence-corrected chi connectivity index (χ1v) is 3.47. The molecule has 0 fully saturated rings. The Kier molecular flexibility index (Phi) is 3.42. The number of aliphatic hydroxyl groups is 2. The van der Waals surface area contributed by atoms with Gasteiger partial charge >= 0.3 is 0 Å². The maximum Gasteiger partial charge on any atom is 0.186 e. The van der Waals surface area contributed by atoms with Crippen molar-refractivity contribution in [2.45, 2.75) is 32.0 Å². The summed E-state index contributed by atoms with van der Waals surface area (Å²) in [6.07, 6.45) is 0.411. The fourth-order valence-electron chi connectivity index (χ4n) is 0.896. The minimum absolute atomic E-state index is 0.0395. The Morgan fingerprint density at radius 1 is 1.82 bits per heavy atom. The lowest BCUT2D eigenvalue weighted by Gasteiger charge is -2.20. The number of hydrogen-bond donors (Lipinski definition) is 2. The van der Waals surface area contributed by atoms with Crippen molar-refractivity contribution in [1.82, 2.24) is 0 Å². The van der Waals surface area contributed by atoms with Gasteiger partial charge in [-0.15, -0.1) is 0 Å². The van der Waals surface area contributed by atoms with Crippen LogP contribution in [-0.2, 0) is 4.79 Å². The Balaban J connectivity index is 4.20. The molecule has 0 heterocycles. The number of rotatable bonds is 4. The summed E-state index contributed by atoms with van der Waals surface area (Å²) < 4.78 is 0. The van der Waals surface area contributed by atoms with Crippen LogP contribution in [0.5, 0.6) is 0 Å². The smallest absolute Gasteiger partial charge is 0.186 e. The van der Waals surface area contributed by atoms with Gasteiger partial charge in [0.15, 0.2) is 5.78 Å². The van der Waals surface area contributed by atoms with Crippen LogP contribution in [0.3, 0.4) is 0 Å². The van der Waals surface area contributed by atoms with Crippen LogP contribution in [0.25, 0.3) is 0 Å². The highest BCUT2D eigenvalue weighted by molar-refractivity contribution is 5.95. The zero-order valence-electron chi connectivity index (χ0n) is 6.87. The van der Waals surface area contributed by atoms with Crippen LogP contribution in [0.1, 0.15) is 20.3 Å². The summed E-state index contributed by atoms with van der Waals surface area (Å²) in [6, 6.07) is 0. The topological polar surface area (TPSA) is 57.5 Å². The van der Waals surface area contributed by atoms with Gasteiger partial charge in [0.1, 0.15) is 5.60 Å². The van der Waals surface area contributed by atoms with Gasteiger partial charge in [0.2, 0.25) is 0 Å². The van der Waals surface area contributed by atoms with Gasteiger partial charge in [0.05, 0.1) is 6.10 Å². The molecule has 0 saturated heterocycles. The summed E-state index contributed by atoms with van der Waals surface area (Å²) in [5, 5.41) is 18.3. The zero-order valence-corrected chi connectivity index (χ0v) is 6.87. The molecule has 0 rings (SSSR count). The summed E-state index contributed by atoms with van der Waals surface area (Å²) in [5.74, 6) is -0.460. The summed E-state index contributed by atoms with van der Waals surface area (Å²) in [4.78, 5) is 10.9. The lowest BCUT2D eigenvalue weighted by molar-refractivity contribution is -0.133. The van der Waals surface area contributed by atoms with Crippen molar-refractivity contribution >= 4 is 5.78 Å². The Hall–Kier alpha value is -0.670. The first kappa shape index (κ1) is 10.3. The van der Waals surface area contributed by atoms with Gasteiger partial charge in [-0.25, -0.2) is 0 Å². The molecule has 0 spiro atoms. The fraction of sp³-hybridized carbons (Fsp3) is 0.625. The first-order chi connectivity index (χ1) is 4.90. The largest absolute Gasteiger partial charge is 0.393 e. The molecule has 0 bridgehead atoms. The SMILES string of the molecule is C=CC(=O)C(C)(O)CC(C)O. The van der Waals surface area contributed by atoms with E-state index in [-0.39, 0.29) is 6.42 Å². The van der Waals surface area contributed by atoms with Gasteiger partial charge in [-0.1, -0.05) is 6.58 Å². The molecule has 0 aliphatic carbocycles. The second kappa shape index (κ2) is 3.64. The predicted octanol–water partition coefficient (Wildman–Crippen LogP) is 0.263. The summed E-state index contributed by atoms with van der Waals surface area (Å²) in [7, 11) is 0. The van der Waals surface area contributed by atoms with E-state index in [4.69, 9.17) is 5.11 Å². The van der Waals surface area contributed by atoms with Crippen molar-refractivity contribution < 1.29 is 15.0 Å². The second-order valence-electron chi connectivity index (χ2n) is 2.90. The van der Waals surface area contributed by atoms with Crippen LogP contribution in [-0.4, -0.2) is 27.7 Å². The van der Waals surface area contributed by atoms with E-state index in [2.05, 4.69) is 6.58 Å². The van der Waals surface area contributed by atoms with Crippen LogP contribution in [0.15, 0.2) is 12.7 Å². The van der Waals surface area contributed by atoms with Crippen molar-refractivity contribution in [3.05, 3.63) is 12.7 Å². The van der Waals surface area contributed by atoms with Gasteiger partial charge in [0.25, 0.3) is 0 Å². The van der Waals surface area contributed by atoms with Crippen LogP contribution in [0, 0.1) is 0 Å². The number of ketones is 1. The summed E-state index contributed by atoms with van der Waals surface area (Å²) in [6.45, 7) is 6.13. The highest BCUT2D eigenvalue weighted by Gasteiger charge is 2.28. The molecular weight excluding hydrogens is 144 g/mol. The van der Waals surface area contributed by atoms with E-state index in [0.717, 1.165) is 6.08 Å². The maximum atomic E-state index is 10.9. The molecule has 0 aromatic rings. The van der Waals surface area contributed by atoms with Crippen molar-refractivity contribution in [2.24, 2.45) is 0 Å². The lowest BCUT2D eigenvalue weighted by atomic mass is 9.94. The van der Waals surface area contributed by atoms with Gasteiger partial charge in [0, 0.05) is 6.42 Å². The first-order valence-electron chi connectivity index (χ1n) is 3.47. The quantitative estimate of drug-likeness (QED) is 0.577. The number of aliphatic hydroxyl groups excluding tert-OH is 1. The van der Waals surface area contributed by atoms with Crippen LogP contribution in [0.4, 0.5) is 0 Å². The van der Waals surface area contributed by atoms with E-state index >= 15 is 0 Å². The average Bonchev–Trinajstić information content (AvgIpc) is 1.83.